The van der Waals surface area contributed by atoms with Crippen molar-refractivity contribution >= 4 is 80.9 Å². The highest BCUT2D eigenvalue weighted by Crippen LogP contribution is 2.29. The highest BCUT2D eigenvalue weighted by atomic mass is 35.5. The number of carbonyl (C=O) groups is 3. The number of methoxy groups -OCH3 is 1. The zero-order valence-electron chi connectivity index (χ0n) is 24.3. The van der Waals surface area contributed by atoms with Crippen molar-refractivity contribution in [1.82, 2.24) is 10.3 Å². The summed E-state index contributed by atoms with van der Waals surface area (Å²) in [7, 11) is 1.61. The molecule has 0 spiro atoms. The maximum atomic E-state index is 13.4. The van der Waals surface area contributed by atoms with Gasteiger partial charge in [0.15, 0.2) is 5.13 Å². The number of rotatable bonds is 11. The number of thiazole rings is 1. The normalized spacial score (nSPS) is 11.1. The van der Waals surface area contributed by atoms with Gasteiger partial charge in [-0.3, -0.25) is 14.4 Å². The number of nitrogens with zero attached hydrogens (tertiary/aromatic N) is 1. The second-order valence-electron chi connectivity index (χ2n) is 9.61. The van der Waals surface area contributed by atoms with Crippen LogP contribution in [0.25, 0.3) is 17.3 Å². The lowest BCUT2D eigenvalue weighted by Crippen LogP contribution is -2.30. The van der Waals surface area contributed by atoms with E-state index in [1.807, 2.05) is 35.7 Å². The average Bonchev–Trinajstić information content (AvgIpc) is 3.54. The number of nitrogens with one attached hydrogen (secondary N) is 3. The number of amides is 3. The van der Waals surface area contributed by atoms with Crippen molar-refractivity contribution in [2.45, 2.75) is 4.90 Å². The fourth-order valence-corrected chi connectivity index (χ4v) is 5.97. The lowest BCUT2D eigenvalue weighted by molar-refractivity contribution is -0.114. The first-order valence-corrected chi connectivity index (χ1v) is 16.4. The van der Waals surface area contributed by atoms with Crippen LogP contribution in [0.1, 0.15) is 15.9 Å². The number of aromatic nitrogens is 1. The van der Waals surface area contributed by atoms with Crippen molar-refractivity contribution in [1.29, 1.82) is 0 Å². The van der Waals surface area contributed by atoms with Crippen molar-refractivity contribution in [2.75, 3.05) is 23.5 Å². The van der Waals surface area contributed by atoms with Gasteiger partial charge in [0, 0.05) is 27.1 Å². The van der Waals surface area contributed by atoms with Crippen molar-refractivity contribution in [2.24, 2.45) is 0 Å². The van der Waals surface area contributed by atoms with E-state index < -0.39 is 11.8 Å². The van der Waals surface area contributed by atoms with Gasteiger partial charge in [0.1, 0.15) is 11.4 Å². The first-order chi connectivity index (χ1) is 22.3. The molecule has 46 heavy (non-hydrogen) atoms. The third-order valence-electron chi connectivity index (χ3n) is 6.41. The Kier molecular flexibility index (Phi) is 11.1. The minimum Gasteiger partial charge on any atom is -0.497 e. The van der Waals surface area contributed by atoms with Gasteiger partial charge in [-0.05, 0) is 72.3 Å². The predicted octanol–water partition coefficient (Wildman–Crippen LogP) is 8.27. The van der Waals surface area contributed by atoms with E-state index in [2.05, 4.69) is 20.9 Å². The number of benzene rings is 4. The Morgan fingerprint density at radius 3 is 2.43 bits per heavy atom. The Labute approximate surface area is 283 Å². The highest BCUT2D eigenvalue weighted by Gasteiger charge is 2.17. The van der Waals surface area contributed by atoms with Crippen LogP contribution in [0.2, 0.25) is 10.0 Å². The van der Waals surface area contributed by atoms with E-state index in [0.29, 0.717) is 27.0 Å². The lowest BCUT2D eigenvalue weighted by atomic mass is 10.1. The average molecular weight is 690 g/mol. The molecule has 4 aromatic carbocycles. The monoisotopic (exact) mass is 688 g/mol. The smallest absolute Gasteiger partial charge is 0.272 e. The molecule has 0 fully saturated rings. The maximum absolute atomic E-state index is 13.4. The molecule has 3 N–H and O–H groups in total. The van der Waals surface area contributed by atoms with Crippen molar-refractivity contribution in [3.05, 3.63) is 129 Å². The maximum Gasteiger partial charge on any atom is 0.272 e. The Morgan fingerprint density at radius 2 is 1.67 bits per heavy atom. The minimum absolute atomic E-state index is 0.0343. The van der Waals surface area contributed by atoms with Gasteiger partial charge in [0.05, 0.1) is 28.6 Å². The number of carbonyl (C=O) groups excluding carboxylic acids is 3. The SMILES string of the molecule is COc1ccc(-c2csc(NC(=O)CSc3cccc(NC(=O)/C(=C\c4cccc(Cl)c4Cl)NC(=O)c4ccccc4)c3)n2)cc1. The molecule has 12 heteroatoms. The van der Waals surface area contributed by atoms with Crippen LogP contribution in [-0.2, 0) is 9.59 Å². The summed E-state index contributed by atoms with van der Waals surface area (Å²) < 4.78 is 5.20. The van der Waals surface area contributed by atoms with E-state index in [4.69, 9.17) is 27.9 Å². The summed E-state index contributed by atoms with van der Waals surface area (Å²) in [5, 5.41) is 11.3. The molecule has 5 rings (SSSR count). The summed E-state index contributed by atoms with van der Waals surface area (Å²) in [4.78, 5) is 44.3. The van der Waals surface area contributed by atoms with Crippen molar-refractivity contribution in [3.63, 3.8) is 0 Å². The molecule has 232 valence electrons. The second kappa shape index (κ2) is 15.6. The van der Waals surface area contributed by atoms with Gasteiger partial charge >= 0.3 is 0 Å². The Bertz CT molecular complexity index is 1900. The van der Waals surface area contributed by atoms with Gasteiger partial charge in [-0.25, -0.2) is 4.98 Å². The topological polar surface area (TPSA) is 109 Å². The molecule has 0 aliphatic carbocycles. The number of hydrogen-bond acceptors (Lipinski definition) is 7. The van der Waals surface area contributed by atoms with Gasteiger partial charge in [0.25, 0.3) is 11.8 Å². The first kappa shape index (κ1) is 32.8. The predicted molar refractivity (Wildman–Crippen MR) is 187 cm³/mol. The summed E-state index contributed by atoms with van der Waals surface area (Å²) in [5.74, 6) is -0.381. The Balaban J connectivity index is 1.23. The molecule has 0 saturated heterocycles. The van der Waals surface area contributed by atoms with Crippen LogP contribution in [0.4, 0.5) is 10.8 Å². The zero-order chi connectivity index (χ0) is 32.5. The van der Waals surface area contributed by atoms with Crippen LogP contribution in [-0.4, -0.2) is 35.6 Å². The van der Waals surface area contributed by atoms with E-state index in [1.165, 1.54) is 29.2 Å². The number of halogens is 2. The zero-order valence-corrected chi connectivity index (χ0v) is 27.4. The van der Waals surface area contributed by atoms with Gasteiger partial charge in [-0.2, -0.15) is 0 Å². The molecule has 0 aliphatic heterocycles. The lowest BCUT2D eigenvalue weighted by Gasteiger charge is -2.13. The van der Waals surface area contributed by atoms with Crippen LogP contribution in [0, 0.1) is 0 Å². The van der Waals surface area contributed by atoms with E-state index in [-0.39, 0.29) is 22.4 Å². The third kappa shape index (κ3) is 8.76. The quantitative estimate of drug-likeness (QED) is 0.0952. The van der Waals surface area contributed by atoms with Gasteiger partial charge in [-0.15, -0.1) is 23.1 Å². The molecule has 0 unspecified atom stereocenters. The summed E-state index contributed by atoms with van der Waals surface area (Å²) in [6, 6.07) is 28.1. The van der Waals surface area contributed by atoms with E-state index in [0.717, 1.165) is 21.9 Å². The van der Waals surface area contributed by atoms with E-state index in [1.54, 1.807) is 73.8 Å². The molecular formula is C34H26Cl2N4O4S2. The molecule has 0 saturated carbocycles. The van der Waals surface area contributed by atoms with Gasteiger partial charge in [-0.1, -0.05) is 59.6 Å². The molecular weight excluding hydrogens is 663 g/mol. The van der Waals surface area contributed by atoms with Crippen LogP contribution >= 0.6 is 46.3 Å². The fraction of sp³-hybridized carbons (Fsp3) is 0.0588. The molecule has 0 atom stereocenters. The highest BCUT2D eigenvalue weighted by molar-refractivity contribution is 8.00. The van der Waals surface area contributed by atoms with Crippen LogP contribution in [0.3, 0.4) is 0 Å². The summed E-state index contributed by atoms with van der Waals surface area (Å²) in [5.41, 5.74) is 2.94. The summed E-state index contributed by atoms with van der Waals surface area (Å²) >= 11 is 15.2. The van der Waals surface area contributed by atoms with Gasteiger partial charge in [0.2, 0.25) is 5.91 Å². The molecule has 0 bridgehead atoms. The summed E-state index contributed by atoms with van der Waals surface area (Å²) in [6.45, 7) is 0. The molecule has 1 aromatic heterocycles. The number of ether oxygens (including phenoxy) is 1. The number of anilines is 2. The molecule has 3 amide bonds. The van der Waals surface area contributed by atoms with Crippen LogP contribution in [0.15, 0.2) is 113 Å². The molecule has 8 nitrogen and oxygen atoms in total. The Hall–Kier alpha value is -4.61. The van der Waals surface area contributed by atoms with Crippen molar-refractivity contribution < 1.29 is 19.1 Å². The van der Waals surface area contributed by atoms with Crippen molar-refractivity contribution in [3.8, 4) is 17.0 Å². The fourth-order valence-electron chi connectivity index (χ4n) is 4.12. The molecule has 0 aliphatic rings. The molecule has 1 heterocycles. The minimum atomic E-state index is -0.573. The van der Waals surface area contributed by atoms with Crippen LogP contribution < -0.4 is 20.7 Å². The van der Waals surface area contributed by atoms with E-state index in [9.17, 15) is 14.4 Å². The van der Waals surface area contributed by atoms with Gasteiger partial charge < -0.3 is 20.7 Å². The molecule has 5 aromatic rings. The summed E-state index contributed by atoms with van der Waals surface area (Å²) in [6.07, 6.45) is 1.46. The number of thioether (sulfide) groups is 1. The van der Waals surface area contributed by atoms with E-state index >= 15 is 0 Å². The third-order valence-corrected chi connectivity index (χ3v) is 8.99. The second-order valence-corrected chi connectivity index (χ2v) is 12.3. The Morgan fingerprint density at radius 1 is 0.913 bits per heavy atom. The largest absolute Gasteiger partial charge is 0.497 e. The first-order valence-electron chi connectivity index (χ1n) is 13.7. The number of hydrogen-bond donors (Lipinski definition) is 3. The standard InChI is InChI=1S/C34H26Cl2N4O4S2/c1-44-25-15-13-21(14-16-25)29-19-46-34(39-29)40-30(41)20-45-26-11-6-10-24(18-26)37-33(43)28(17-23-9-5-12-27(35)31(23)36)38-32(42)22-7-3-2-4-8-22/h2-19H,20H2,1H3,(H,37,43)(H,38,42)(H,39,40,41)/b28-17+. The molecule has 0 radical (unpaired) electrons. The van der Waals surface area contributed by atoms with Crippen LogP contribution in [0.5, 0.6) is 5.75 Å².